The molecule has 5 nitrogen and oxygen atoms in total. The molecule has 2 N–H and O–H groups in total. The van der Waals surface area contributed by atoms with Gasteiger partial charge in [-0.1, -0.05) is 51.8 Å². The summed E-state index contributed by atoms with van der Waals surface area (Å²) in [6, 6.07) is 8.76. The topological polar surface area (TPSA) is 56.7 Å². The Hall–Kier alpha value is -2.04. The van der Waals surface area contributed by atoms with Crippen molar-refractivity contribution in [3.63, 3.8) is 0 Å². The molecule has 1 aliphatic carbocycles. The van der Waals surface area contributed by atoms with Crippen molar-refractivity contribution >= 4 is 17.6 Å². The Balaban J connectivity index is 1.65. The zero-order chi connectivity index (χ0) is 18.8. The third-order valence-electron chi connectivity index (χ3n) is 5.63. The zero-order valence-electron chi connectivity index (χ0n) is 16.6. The molecule has 0 saturated heterocycles. The van der Waals surface area contributed by atoms with E-state index in [4.69, 9.17) is 0 Å². The Morgan fingerprint density at radius 2 is 1.81 bits per heavy atom. The van der Waals surface area contributed by atoms with Crippen LogP contribution in [0.2, 0.25) is 0 Å². The number of benzene rings is 1. The fraction of sp³-hybridized carbons (Fsp3) is 0.619. The zero-order valence-corrected chi connectivity index (χ0v) is 16.6. The van der Waals surface area contributed by atoms with Crippen molar-refractivity contribution in [2.45, 2.75) is 51.9 Å². The molecule has 26 heavy (non-hydrogen) atoms. The number of nitrogens with one attached hydrogen (secondary N) is 2. The molecule has 1 aromatic rings. The molecule has 1 saturated carbocycles. The number of anilines is 1. The average Bonchev–Trinajstić information content (AvgIpc) is 3.21. The summed E-state index contributed by atoms with van der Waals surface area (Å²) >= 11 is 0. The molecule has 1 aromatic carbocycles. The minimum Gasteiger partial charge on any atom is -0.354 e. The predicted molar refractivity (Wildman–Crippen MR) is 108 cm³/mol. The van der Waals surface area contributed by atoms with Crippen molar-refractivity contribution in [1.82, 2.24) is 10.6 Å². The molecule has 2 aliphatic rings. The molecule has 5 heteroatoms. The van der Waals surface area contributed by atoms with Gasteiger partial charge in [-0.15, -0.1) is 0 Å². The van der Waals surface area contributed by atoms with Gasteiger partial charge in [-0.2, -0.15) is 0 Å². The van der Waals surface area contributed by atoms with Gasteiger partial charge in [0.15, 0.2) is 5.96 Å². The van der Waals surface area contributed by atoms with E-state index in [9.17, 15) is 4.79 Å². The number of para-hydroxylation sites is 1. The lowest BCUT2D eigenvalue weighted by molar-refractivity contribution is -0.128. The van der Waals surface area contributed by atoms with E-state index in [0.29, 0.717) is 13.1 Å². The number of carbonyl (C=O) groups is 1. The van der Waals surface area contributed by atoms with Gasteiger partial charge in [0.05, 0.1) is 0 Å². The molecule has 0 bridgehead atoms. The fourth-order valence-corrected chi connectivity index (χ4v) is 4.21. The molecule has 1 fully saturated rings. The monoisotopic (exact) mass is 356 g/mol. The van der Waals surface area contributed by atoms with E-state index in [2.05, 4.69) is 44.8 Å². The van der Waals surface area contributed by atoms with E-state index in [1.54, 1.807) is 0 Å². The molecule has 0 unspecified atom stereocenters. The Kier molecular flexibility index (Phi) is 5.26. The van der Waals surface area contributed by atoms with Crippen LogP contribution in [0.25, 0.3) is 0 Å². The summed E-state index contributed by atoms with van der Waals surface area (Å²) in [5.74, 6) is 0.969. The number of hydrogen-bond acceptors (Lipinski definition) is 2. The number of nitrogens with zero attached hydrogens (tertiary/aromatic N) is 2. The van der Waals surface area contributed by atoms with Crippen LogP contribution in [-0.2, 0) is 10.2 Å². The SMILES string of the molecule is CN=C(NCCNC(=O)C(C)(C)C)N1CC2(CCCC2)c2ccccc21. The van der Waals surface area contributed by atoms with Crippen LogP contribution in [0.15, 0.2) is 29.3 Å². The van der Waals surface area contributed by atoms with E-state index < -0.39 is 0 Å². The molecular weight excluding hydrogens is 324 g/mol. The van der Waals surface area contributed by atoms with E-state index in [-0.39, 0.29) is 16.7 Å². The van der Waals surface area contributed by atoms with Gasteiger partial charge < -0.3 is 15.5 Å². The summed E-state index contributed by atoms with van der Waals surface area (Å²) < 4.78 is 0. The van der Waals surface area contributed by atoms with Crippen LogP contribution in [0, 0.1) is 5.41 Å². The van der Waals surface area contributed by atoms with Crippen LogP contribution in [0.1, 0.15) is 52.0 Å². The summed E-state index contributed by atoms with van der Waals surface area (Å²) in [6.45, 7) is 8.04. The molecule has 1 spiro atoms. The molecule has 0 atom stereocenters. The van der Waals surface area contributed by atoms with Crippen LogP contribution in [0.4, 0.5) is 5.69 Å². The number of carbonyl (C=O) groups excluding carboxylic acids is 1. The first-order chi connectivity index (χ1) is 12.4. The normalized spacial score (nSPS) is 18.9. The van der Waals surface area contributed by atoms with Gasteiger partial charge in [-0.05, 0) is 24.5 Å². The summed E-state index contributed by atoms with van der Waals surface area (Å²) in [5, 5.41) is 6.41. The number of guanidine groups is 1. The highest BCUT2D eigenvalue weighted by Crippen LogP contribution is 2.50. The quantitative estimate of drug-likeness (QED) is 0.497. The highest BCUT2D eigenvalue weighted by molar-refractivity contribution is 5.98. The predicted octanol–water partition coefficient (Wildman–Crippen LogP) is 3.06. The first kappa shape index (κ1) is 18.7. The lowest BCUT2D eigenvalue weighted by Gasteiger charge is -2.27. The Morgan fingerprint density at radius 1 is 1.15 bits per heavy atom. The molecule has 1 heterocycles. The summed E-state index contributed by atoms with van der Waals surface area (Å²) in [4.78, 5) is 18.8. The van der Waals surface area contributed by atoms with Gasteiger partial charge in [0.25, 0.3) is 0 Å². The second kappa shape index (κ2) is 7.29. The number of fused-ring (bicyclic) bond motifs is 2. The lowest BCUT2D eigenvalue weighted by atomic mass is 9.81. The van der Waals surface area contributed by atoms with Crippen molar-refractivity contribution in [3.8, 4) is 0 Å². The molecule has 1 aliphatic heterocycles. The second-order valence-electron chi connectivity index (χ2n) is 8.57. The first-order valence-electron chi connectivity index (χ1n) is 9.73. The second-order valence-corrected chi connectivity index (χ2v) is 8.57. The standard InChI is InChI=1S/C21H32N4O/c1-20(2,3)18(26)23-13-14-24-19(22-4)25-15-21(11-7-8-12-21)16-9-5-6-10-17(16)25/h5-6,9-10H,7-8,11-15H2,1-4H3,(H,22,24)(H,23,26). The van der Waals surface area contributed by atoms with E-state index >= 15 is 0 Å². The average molecular weight is 357 g/mol. The van der Waals surface area contributed by atoms with Crippen molar-refractivity contribution in [2.75, 3.05) is 31.6 Å². The Bertz CT molecular complexity index is 683. The van der Waals surface area contributed by atoms with Crippen LogP contribution >= 0.6 is 0 Å². The summed E-state index contributed by atoms with van der Waals surface area (Å²) in [6.07, 6.45) is 5.15. The molecule has 142 valence electrons. The summed E-state index contributed by atoms with van der Waals surface area (Å²) in [5.41, 5.74) is 2.68. The third kappa shape index (κ3) is 3.57. The van der Waals surface area contributed by atoms with Crippen LogP contribution in [-0.4, -0.2) is 38.5 Å². The Labute approximate surface area is 157 Å². The van der Waals surface area contributed by atoms with Crippen molar-refractivity contribution in [2.24, 2.45) is 10.4 Å². The maximum Gasteiger partial charge on any atom is 0.225 e. The molecular formula is C21H32N4O. The smallest absolute Gasteiger partial charge is 0.225 e. The van der Waals surface area contributed by atoms with Crippen molar-refractivity contribution in [3.05, 3.63) is 29.8 Å². The highest BCUT2D eigenvalue weighted by Gasteiger charge is 2.45. The molecule has 0 aromatic heterocycles. The van der Waals surface area contributed by atoms with Gasteiger partial charge in [0.1, 0.15) is 0 Å². The minimum absolute atomic E-state index is 0.0747. The number of hydrogen-bond donors (Lipinski definition) is 2. The van der Waals surface area contributed by atoms with E-state index in [1.807, 2.05) is 27.8 Å². The van der Waals surface area contributed by atoms with Crippen LogP contribution < -0.4 is 15.5 Å². The van der Waals surface area contributed by atoms with Gasteiger partial charge in [-0.3, -0.25) is 9.79 Å². The largest absolute Gasteiger partial charge is 0.354 e. The van der Waals surface area contributed by atoms with Gasteiger partial charge in [-0.25, -0.2) is 0 Å². The van der Waals surface area contributed by atoms with Gasteiger partial charge in [0, 0.05) is 43.2 Å². The maximum atomic E-state index is 12.0. The minimum atomic E-state index is -0.357. The van der Waals surface area contributed by atoms with Crippen molar-refractivity contribution in [1.29, 1.82) is 0 Å². The Morgan fingerprint density at radius 3 is 2.46 bits per heavy atom. The third-order valence-corrected chi connectivity index (χ3v) is 5.63. The first-order valence-corrected chi connectivity index (χ1v) is 9.73. The van der Waals surface area contributed by atoms with Crippen molar-refractivity contribution < 1.29 is 4.79 Å². The molecule has 0 radical (unpaired) electrons. The van der Waals surface area contributed by atoms with Gasteiger partial charge >= 0.3 is 0 Å². The van der Waals surface area contributed by atoms with Crippen LogP contribution in [0.5, 0.6) is 0 Å². The number of amides is 1. The molecule has 1 amide bonds. The number of rotatable bonds is 3. The van der Waals surface area contributed by atoms with E-state index in [0.717, 1.165) is 12.5 Å². The van der Waals surface area contributed by atoms with E-state index in [1.165, 1.54) is 36.9 Å². The molecule has 3 rings (SSSR count). The fourth-order valence-electron chi connectivity index (χ4n) is 4.21. The number of aliphatic imine (C=N–C) groups is 1. The van der Waals surface area contributed by atoms with Gasteiger partial charge in [0.2, 0.25) is 5.91 Å². The maximum absolute atomic E-state index is 12.0. The lowest BCUT2D eigenvalue weighted by Crippen LogP contribution is -2.46. The van der Waals surface area contributed by atoms with Crippen LogP contribution in [0.3, 0.4) is 0 Å². The summed E-state index contributed by atoms with van der Waals surface area (Å²) in [7, 11) is 1.83. The highest BCUT2D eigenvalue weighted by atomic mass is 16.2.